The first kappa shape index (κ1) is 12.0. The monoisotopic (exact) mass is 249 g/mol. The van der Waals surface area contributed by atoms with Gasteiger partial charge in [0.25, 0.3) is 0 Å². The fraction of sp³-hybridized carbons (Fsp3) is 0.308. The van der Waals surface area contributed by atoms with Crippen LogP contribution in [0.3, 0.4) is 0 Å². The normalized spacial score (nSPS) is 11.8. The fourth-order valence-electron chi connectivity index (χ4n) is 1.55. The summed E-state index contributed by atoms with van der Waals surface area (Å²) in [5.41, 5.74) is 7.86. The molecular weight excluding hydrogens is 234 g/mol. The summed E-state index contributed by atoms with van der Waals surface area (Å²) in [4.78, 5) is 0. The Hall–Kier alpha value is -1.48. The Morgan fingerprint density at radius 3 is 2.24 bits per heavy atom. The number of halogens is 1. The second-order valence-electron chi connectivity index (χ2n) is 5.09. The summed E-state index contributed by atoms with van der Waals surface area (Å²) in [6.07, 6.45) is 0. The molecule has 2 N–H and O–H groups in total. The molecule has 3 nitrogen and oxygen atoms in total. The molecule has 0 aliphatic carbocycles. The van der Waals surface area contributed by atoms with E-state index >= 15 is 0 Å². The molecule has 2 rings (SSSR count). The predicted molar refractivity (Wildman–Crippen MR) is 71.7 cm³/mol. The van der Waals surface area contributed by atoms with Gasteiger partial charge < -0.3 is 5.73 Å². The zero-order chi connectivity index (χ0) is 12.6. The molecule has 0 amide bonds. The number of nitrogens with two attached hydrogens (primary N) is 1. The van der Waals surface area contributed by atoms with Gasteiger partial charge in [-0.15, -0.1) is 0 Å². The average molecular weight is 250 g/mol. The molecule has 2 aromatic rings. The number of hydrogen-bond donors (Lipinski definition) is 1. The van der Waals surface area contributed by atoms with Crippen LogP contribution in [-0.4, -0.2) is 9.78 Å². The minimum absolute atomic E-state index is 0.00814. The molecule has 0 unspecified atom stereocenters. The number of aromatic nitrogens is 2. The second-order valence-corrected chi connectivity index (χ2v) is 5.53. The van der Waals surface area contributed by atoms with E-state index in [1.54, 1.807) is 4.68 Å². The van der Waals surface area contributed by atoms with Crippen LogP contribution in [0, 0.1) is 0 Å². The Balaban J connectivity index is 2.46. The Morgan fingerprint density at radius 2 is 1.76 bits per heavy atom. The lowest BCUT2D eigenvalue weighted by Gasteiger charge is -2.14. The predicted octanol–water partition coefficient (Wildman–Crippen LogP) is 3.41. The number of benzene rings is 1. The first-order chi connectivity index (χ1) is 7.88. The highest BCUT2D eigenvalue weighted by molar-refractivity contribution is 6.30. The Morgan fingerprint density at radius 1 is 1.18 bits per heavy atom. The number of hydrogen-bond acceptors (Lipinski definition) is 2. The number of rotatable bonds is 1. The minimum atomic E-state index is -0.00814. The van der Waals surface area contributed by atoms with E-state index in [-0.39, 0.29) is 5.41 Å². The third kappa shape index (κ3) is 2.44. The summed E-state index contributed by atoms with van der Waals surface area (Å²) in [5.74, 6) is 0.636. The van der Waals surface area contributed by atoms with Crippen molar-refractivity contribution >= 4 is 17.4 Å². The van der Waals surface area contributed by atoms with Gasteiger partial charge in [0, 0.05) is 16.5 Å². The van der Waals surface area contributed by atoms with Crippen molar-refractivity contribution in [2.24, 2.45) is 0 Å². The SMILES string of the molecule is CC(C)(C)c1cc(N)n(-c2ccc(Cl)cc2)n1. The van der Waals surface area contributed by atoms with Gasteiger partial charge in [-0.05, 0) is 24.3 Å². The van der Waals surface area contributed by atoms with Gasteiger partial charge in [0.05, 0.1) is 11.4 Å². The molecule has 90 valence electrons. The lowest BCUT2D eigenvalue weighted by Crippen LogP contribution is -2.12. The van der Waals surface area contributed by atoms with Crippen molar-refractivity contribution in [2.45, 2.75) is 26.2 Å². The molecule has 4 heteroatoms. The van der Waals surface area contributed by atoms with Crippen molar-refractivity contribution in [3.8, 4) is 5.69 Å². The van der Waals surface area contributed by atoms with E-state index in [0.717, 1.165) is 11.4 Å². The van der Waals surface area contributed by atoms with Crippen LogP contribution in [0.2, 0.25) is 5.02 Å². The number of nitrogen functional groups attached to an aromatic ring is 1. The van der Waals surface area contributed by atoms with Crippen molar-refractivity contribution in [1.29, 1.82) is 0 Å². The highest BCUT2D eigenvalue weighted by atomic mass is 35.5. The largest absolute Gasteiger partial charge is 0.384 e. The van der Waals surface area contributed by atoms with Crippen molar-refractivity contribution in [1.82, 2.24) is 9.78 Å². The van der Waals surface area contributed by atoms with Crippen LogP contribution in [0.5, 0.6) is 0 Å². The summed E-state index contributed by atoms with van der Waals surface area (Å²) in [6, 6.07) is 9.37. The van der Waals surface area contributed by atoms with Crippen LogP contribution in [0.25, 0.3) is 5.69 Å². The van der Waals surface area contributed by atoms with Gasteiger partial charge in [-0.1, -0.05) is 32.4 Å². The molecule has 0 fully saturated rings. The maximum Gasteiger partial charge on any atom is 0.127 e. The van der Waals surface area contributed by atoms with Crippen LogP contribution >= 0.6 is 11.6 Å². The van der Waals surface area contributed by atoms with Gasteiger partial charge in [0.2, 0.25) is 0 Å². The van der Waals surface area contributed by atoms with Crippen molar-refractivity contribution in [2.75, 3.05) is 5.73 Å². The van der Waals surface area contributed by atoms with E-state index in [9.17, 15) is 0 Å². The maximum absolute atomic E-state index is 5.98. The van der Waals surface area contributed by atoms with Crippen molar-refractivity contribution < 1.29 is 0 Å². The van der Waals surface area contributed by atoms with Crippen LogP contribution < -0.4 is 5.73 Å². The molecule has 0 bridgehead atoms. The molecule has 0 aliphatic rings. The second kappa shape index (κ2) is 4.08. The minimum Gasteiger partial charge on any atom is -0.384 e. The molecule has 0 radical (unpaired) electrons. The first-order valence-corrected chi connectivity index (χ1v) is 5.88. The first-order valence-electron chi connectivity index (χ1n) is 5.50. The van der Waals surface area contributed by atoms with Crippen molar-refractivity contribution in [3.63, 3.8) is 0 Å². The van der Waals surface area contributed by atoms with Crippen LogP contribution in [0.4, 0.5) is 5.82 Å². The van der Waals surface area contributed by atoms with Gasteiger partial charge in [0.15, 0.2) is 0 Å². The Labute approximate surface area is 106 Å². The summed E-state index contributed by atoms with van der Waals surface area (Å²) in [7, 11) is 0. The molecular formula is C13H16ClN3. The fourth-order valence-corrected chi connectivity index (χ4v) is 1.68. The summed E-state index contributed by atoms with van der Waals surface area (Å²) < 4.78 is 1.73. The number of anilines is 1. The molecule has 0 spiro atoms. The highest BCUT2D eigenvalue weighted by Crippen LogP contribution is 2.25. The van der Waals surface area contributed by atoms with Gasteiger partial charge in [-0.25, -0.2) is 4.68 Å². The molecule has 0 saturated carbocycles. The average Bonchev–Trinajstić information content (AvgIpc) is 2.61. The molecule has 0 saturated heterocycles. The van der Waals surface area contributed by atoms with Crippen LogP contribution in [0.1, 0.15) is 26.5 Å². The molecule has 17 heavy (non-hydrogen) atoms. The molecule has 1 heterocycles. The zero-order valence-electron chi connectivity index (χ0n) is 10.2. The van der Waals surface area contributed by atoms with E-state index in [1.807, 2.05) is 30.3 Å². The summed E-state index contributed by atoms with van der Waals surface area (Å²) >= 11 is 5.86. The van der Waals surface area contributed by atoms with Gasteiger partial charge in [-0.2, -0.15) is 5.10 Å². The molecule has 0 atom stereocenters. The maximum atomic E-state index is 5.98. The number of nitrogens with zero attached hydrogens (tertiary/aromatic N) is 2. The summed E-state index contributed by atoms with van der Waals surface area (Å²) in [6.45, 7) is 6.34. The molecule has 0 aliphatic heterocycles. The van der Waals surface area contributed by atoms with Crippen molar-refractivity contribution in [3.05, 3.63) is 41.0 Å². The Bertz CT molecular complexity index is 521. The third-order valence-electron chi connectivity index (χ3n) is 2.58. The lowest BCUT2D eigenvalue weighted by atomic mass is 9.92. The molecule has 1 aromatic carbocycles. The molecule has 1 aromatic heterocycles. The van der Waals surface area contributed by atoms with E-state index in [4.69, 9.17) is 17.3 Å². The van der Waals surface area contributed by atoms with Crippen LogP contribution in [-0.2, 0) is 5.41 Å². The van der Waals surface area contributed by atoms with E-state index in [1.165, 1.54) is 0 Å². The van der Waals surface area contributed by atoms with E-state index in [0.29, 0.717) is 10.8 Å². The standard InChI is InChI=1S/C13H16ClN3/c1-13(2,3)11-8-12(15)17(16-11)10-6-4-9(14)5-7-10/h4-8H,15H2,1-3H3. The Kier molecular flexibility index (Phi) is 2.87. The van der Waals surface area contributed by atoms with Gasteiger partial charge in [0.1, 0.15) is 5.82 Å². The lowest BCUT2D eigenvalue weighted by molar-refractivity contribution is 0.560. The van der Waals surface area contributed by atoms with Gasteiger partial charge in [-0.3, -0.25) is 0 Å². The highest BCUT2D eigenvalue weighted by Gasteiger charge is 2.19. The van der Waals surface area contributed by atoms with E-state index < -0.39 is 0 Å². The third-order valence-corrected chi connectivity index (χ3v) is 2.83. The smallest absolute Gasteiger partial charge is 0.127 e. The summed E-state index contributed by atoms with van der Waals surface area (Å²) in [5, 5.41) is 5.23. The zero-order valence-corrected chi connectivity index (χ0v) is 11.0. The van der Waals surface area contributed by atoms with E-state index in [2.05, 4.69) is 25.9 Å². The topological polar surface area (TPSA) is 43.8 Å². The van der Waals surface area contributed by atoms with Gasteiger partial charge >= 0.3 is 0 Å². The van der Waals surface area contributed by atoms with Crippen LogP contribution in [0.15, 0.2) is 30.3 Å². The quantitative estimate of drug-likeness (QED) is 0.842.